The number of hydrogen-bond donors (Lipinski definition) is 3. The van der Waals surface area contributed by atoms with Crippen LogP contribution in [0.5, 0.6) is 0 Å². The van der Waals surface area contributed by atoms with Gasteiger partial charge in [-0.25, -0.2) is 15.0 Å². The van der Waals surface area contributed by atoms with Crippen LogP contribution in [0.2, 0.25) is 0 Å². The molecule has 0 spiro atoms. The lowest BCUT2D eigenvalue weighted by Crippen LogP contribution is -2.26. The number of H-pyrrole nitrogens is 1. The van der Waals surface area contributed by atoms with E-state index < -0.39 is 18.7 Å². The first kappa shape index (κ1) is 19.4. The number of halogens is 3. The fraction of sp³-hybridized carbons (Fsp3) is 0.500. The molecule has 4 N–H and O–H groups in total. The molecule has 2 aromatic heterocycles. The number of alkyl halides is 3. The van der Waals surface area contributed by atoms with Gasteiger partial charge >= 0.3 is 6.18 Å². The highest BCUT2D eigenvalue weighted by Gasteiger charge is 2.26. The molecule has 0 aliphatic rings. The SMILES string of the molecule is Cc1cnc(CCCCn2cnc(NC(N)=NCC(F)(F)F)n2)[nH]c1=O. The second-order valence-corrected chi connectivity index (χ2v) is 5.57. The maximum atomic E-state index is 12.0. The van der Waals surface area contributed by atoms with Gasteiger partial charge in [-0.05, 0) is 19.8 Å². The highest BCUT2D eigenvalue weighted by atomic mass is 19.4. The third-order valence-corrected chi connectivity index (χ3v) is 3.29. The van der Waals surface area contributed by atoms with E-state index in [0.29, 0.717) is 24.4 Å². The van der Waals surface area contributed by atoms with Crippen LogP contribution in [0.15, 0.2) is 22.3 Å². The van der Waals surface area contributed by atoms with Gasteiger partial charge in [0.15, 0.2) is 5.96 Å². The Morgan fingerprint density at radius 2 is 2.15 bits per heavy atom. The number of aromatic amines is 1. The highest BCUT2D eigenvalue weighted by Crippen LogP contribution is 2.14. The lowest BCUT2D eigenvalue weighted by atomic mass is 10.2. The second kappa shape index (κ2) is 8.45. The van der Waals surface area contributed by atoms with Crippen LogP contribution < -0.4 is 16.6 Å². The maximum absolute atomic E-state index is 12.0. The number of unbranched alkanes of at least 4 members (excludes halogenated alkanes) is 1. The van der Waals surface area contributed by atoms with E-state index in [1.54, 1.807) is 6.92 Å². The first-order valence-electron chi connectivity index (χ1n) is 7.81. The summed E-state index contributed by atoms with van der Waals surface area (Å²) < 4.78 is 37.7. The van der Waals surface area contributed by atoms with Crippen LogP contribution in [-0.4, -0.2) is 43.4 Å². The number of aliphatic imine (C=N–C) groups is 1. The number of guanidine groups is 1. The van der Waals surface area contributed by atoms with Crippen molar-refractivity contribution in [1.82, 2.24) is 24.7 Å². The van der Waals surface area contributed by atoms with E-state index in [4.69, 9.17) is 5.73 Å². The van der Waals surface area contributed by atoms with Gasteiger partial charge in [-0.2, -0.15) is 13.2 Å². The molecule has 0 aliphatic carbocycles. The largest absolute Gasteiger partial charge is 0.408 e. The van der Waals surface area contributed by atoms with Gasteiger partial charge in [0.25, 0.3) is 5.56 Å². The van der Waals surface area contributed by atoms with Crippen molar-refractivity contribution in [3.8, 4) is 0 Å². The van der Waals surface area contributed by atoms with E-state index in [2.05, 4.69) is 30.4 Å². The van der Waals surface area contributed by atoms with Gasteiger partial charge in [0.05, 0.1) is 0 Å². The Morgan fingerprint density at radius 3 is 2.85 bits per heavy atom. The minimum Gasteiger partial charge on any atom is -0.370 e. The Kier molecular flexibility index (Phi) is 6.31. The van der Waals surface area contributed by atoms with Crippen molar-refractivity contribution >= 4 is 11.9 Å². The molecule has 2 rings (SSSR count). The Balaban J connectivity index is 1.76. The van der Waals surface area contributed by atoms with Crippen molar-refractivity contribution in [2.45, 2.75) is 38.9 Å². The molecule has 26 heavy (non-hydrogen) atoms. The van der Waals surface area contributed by atoms with Crippen LogP contribution in [-0.2, 0) is 13.0 Å². The van der Waals surface area contributed by atoms with Gasteiger partial charge in [0.1, 0.15) is 18.7 Å². The van der Waals surface area contributed by atoms with Crippen molar-refractivity contribution < 1.29 is 13.2 Å². The molecule has 0 aliphatic heterocycles. The van der Waals surface area contributed by atoms with Gasteiger partial charge in [-0.1, -0.05) is 0 Å². The van der Waals surface area contributed by atoms with Crippen LogP contribution in [0.4, 0.5) is 19.1 Å². The molecular weight excluding hydrogens is 353 g/mol. The third kappa shape index (κ3) is 6.53. The zero-order chi connectivity index (χ0) is 19.2. The molecule has 9 nitrogen and oxygen atoms in total. The second-order valence-electron chi connectivity index (χ2n) is 5.57. The summed E-state index contributed by atoms with van der Waals surface area (Å²) >= 11 is 0. The standard InChI is InChI=1S/C14H19F3N8O/c1-9-6-19-10(22-11(9)26)4-2-3-5-25-8-21-13(24-25)23-12(18)20-7-14(15,16)17/h6,8H,2-5,7H2,1H3,(H,19,22,26)(H3,18,20,23,24). The molecule has 0 unspecified atom stereocenters. The maximum Gasteiger partial charge on any atom is 0.408 e. The molecule has 0 atom stereocenters. The lowest BCUT2D eigenvalue weighted by Gasteiger charge is -2.04. The minimum absolute atomic E-state index is 0.0676. The first-order chi connectivity index (χ1) is 12.2. The smallest absolute Gasteiger partial charge is 0.370 e. The number of aromatic nitrogens is 5. The summed E-state index contributed by atoms with van der Waals surface area (Å²) in [7, 11) is 0. The molecule has 0 saturated heterocycles. The van der Waals surface area contributed by atoms with E-state index in [-0.39, 0.29) is 11.5 Å². The first-order valence-corrected chi connectivity index (χ1v) is 7.81. The van der Waals surface area contributed by atoms with E-state index in [1.807, 2.05) is 0 Å². The van der Waals surface area contributed by atoms with Crippen LogP contribution >= 0.6 is 0 Å². The molecule has 0 saturated carbocycles. The molecule has 0 amide bonds. The van der Waals surface area contributed by atoms with Crippen LogP contribution in [0.25, 0.3) is 0 Å². The van der Waals surface area contributed by atoms with E-state index in [9.17, 15) is 18.0 Å². The average molecular weight is 372 g/mol. The predicted octanol–water partition coefficient (Wildman–Crippen LogP) is 0.982. The molecule has 0 bridgehead atoms. The Bertz CT molecular complexity index is 811. The fourth-order valence-electron chi connectivity index (χ4n) is 1.98. The Hall–Kier alpha value is -2.92. The summed E-state index contributed by atoms with van der Waals surface area (Å²) in [5, 5.41) is 6.44. The van der Waals surface area contributed by atoms with Crippen molar-refractivity contribution in [3.05, 3.63) is 34.3 Å². The number of anilines is 1. The number of nitrogens with two attached hydrogens (primary N) is 1. The normalized spacial score (nSPS) is 12.4. The summed E-state index contributed by atoms with van der Waals surface area (Å²) in [5.41, 5.74) is 5.76. The number of hydrogen-bond acceptors (Lipinski definition) is 5. The summed E-state index contributed by atoms with van der Waals surface area (Å²) in [4.78, 5) is 25.4. The minimum atomic E-state index is -4.42. The zero-order valence-corrected chi connectivity index (χ0v) is 14.0. The van der Waals surface area contributed by atoms with Crippen molar-refractivity contribution in [2.24, 2.45) is 10.7 Å². The summed E-state index contributed by atoms with van der Waals surface area (Å²) in [5.74, 6) is 0.280. The number of nitrogens with one attached hydrogen (secondary N) is 2. The van der Waals surface area contributed by atoms with Crippen LogP contribution in [0.1, 0.15) is 24.2 Å². The molecule has 0 fully saturated rings. The topological polar surface area (TPSA) is 127 Å². The fourth-order valence-corrected chi connectivity index (χ4v) is 1.98. The summed E-state index contributed by atoms with van der Waals surface area (Å²) in [6.45, 7) is 0.860. The monoisotopic (exact) mass is 372 g/mol. The third-order valence-electron chi connectivity index (χ3n) is 3.29. The van der Waals surface area contributed by atoms with E-state index in [0.717, 1.165) is 12.8 Å². The number of rotatable bonds is 7. The van der Waals surface area contributed by atoms with Gasteiger partial charge < -0.3 is 10.7 Å². The quantitative estimate of drug-likeness (QED) is 0.378. The summed E-state index contributed by atoms with van der Waals surface area (Å²) in [6.07, 6.45) is 0.684. The van der Waals surface area contributed by atoms with E-state index >= 15 is 0 Å². The summed E-state index contributed by atoms with van der Waals surface area (Å²) in [6, 6.07) is 0. The van der Waals surface area contributed by atoms with Crippen molar-refractivity contribution in [2.75, 3.05) is 11.9 Å². The molecule has 0 radical (unpaired) electrons. The van der Waals surface area contributed by atoms with E-state index in [1.165, 1.54) is 17.2 Å². The van der Waals surface area contributed by atoms with Gasteiger partial charge in [-0.3, -0.25) is 14.8 Å². The van der Waals surface area contributed by atoms with Gasteiger partial charge in [0, 0.05) is 24.7 Å². The predicted molar refractivity (Wildman–Crippen MR) is 88.7 cm³/mol. The van der Waals surface area contributed by atoms with Gasteiger partial charge in [-0.15, -0.1) is 5.10 Å². The van der Waals surface area contributed by atoms with Crippen molar-refractivity contribution in [3.63, 3.8) is 0 Å². The molecule has 2 heterocycles. The lowest BCUT2D eigenvalue weighted by molar-refractivity contribution is -0.118. The molecule has 0 aromatic carbocycles. The molecule has 2 aromatic rings. The van der Waals surface area contributed by atoms with Gasteiger partial charge in [0.2, 0.25) is 5.95 Å². The van der Waals surface area contributed by atoms with Crippen LogP contribution in [0, 0.1) is 6.92 Å². The molecule has 142 valence electrons. The molecule has 12 heteroatoms. The highest BCUT2D eigenvalue weighted by molar-refractivity contribution is 5.90. The Morgan fingerprint density at radius 1 is 1.38 bits per heavy atom. The van der Waals surface area contributed by atoms with Crippen molar-refractivity contribution in [1.29, 1.82) is 0 Å². The Labute approximate surface area is 146 Å². The zero-order valence-electron chi connectivity index (χ0n) is 14.0. The molecular formula is C14H19F3N8O. The number of aryl methyl sites for hydroxylation is 3. The van der Waals surface area contributed by atoms with Crippen LogP contribution in [0.3, 0.4) is 0 Å². The average Bonchev–Trinajstić information content (AvgIpc) is 2.99. The number of nitrogens with zero attached hydrogens (tertiary/aromatic N) is 5.